The van der Waals surface area contributed by atoms with Crippen LogP contribution in [0.5, 0.6) is 0 Å². The second kappa shape index (κ2) is 6.89. The summed E-state index contributed by atoms with van der Waals surface area (Å²) in [5.74, 6) is 0.306. The van der Waals surface area contributed by atoms with Crippen molar-refractivity contribution < 1.29 is 4.39 Å². The molecule has 2 rings (SSSR count). The first-order valence-electron chi connectivity index (χ1n) is 6.83. The molecule has 0 aliphatic rings. The van der Waals surface area contributed by atoms with E-state index in [9.17, 15) is 4.39 Å². The summed E-state index contributed by atoms with van der Waals surface area (Å²) in [6.45, 7) is 4.35. The molecule has 1 unspecified atom stereocenters. The van der Waals surface area contributed by atoms with Gasteiger partial charge in [0.05, 0.1) is 11.7 Å². The highest BCUT2D eigenvalue weighted by Gasteiger charge is 2.15. The fourth-order valence-electron chi connectivity index (χ4n) is 2.23. The summed E-state index contributed by atoms with van der Waals surface area (Å²) in [6.07, 6.45) is 0.954. The Bertz CT molecular complexity index is 554. The Balaban J connectivity index is 2.26. The monoisotopic (exact) mass is 335 g/mol. The topological polar surface area (TPSA) is 12.0 Å². The number of rotatable bonds is 5. The van der Waals surface area contributed by atoms with E-state index in [4.69, 9.17) is 0 Å². The molecule has 0 aliphatic heterocycles. The first kappa shape index (κ1) is 15.0. The van der Waals surface area contributed by atoms with Gasteiger partial charge < -0.3 is 5.32 Å². The number of hydrogen-bond donors (Lipinski definition) is 1. The van der Waals surface area contributed by atoms with Crippen LogP contribution < -0.4 is 5.32 Å². The molecular formula is C17H19BrFN. The van der Waals surface area contributed by atoms with Crippen LogP contribution in [0.3, 0.4) is 0 Å². The number of nitrogens with one attached hydrogen (secondary N) is 1. The minimum atomic E-state index is -0.224. The minimum absolute atomic E-state index is 0.111. The lowest BCUT2D eigenvalue weighted by Gasteiger charge is -2.22. The maximum absolute atomic E-state index is 13.9. The molecule has 0 radical (unpaired) electrons. The molecule has 1 N–H and O–H groups in total. The molecule has 0 fully saturated rings. The Morgan fingerprint density at radius 3 is 2.45 bits per heavy atom. The summed E-state index contributed by atoms with van der Waals surface area (Å²) in [7, 11) is 0. The van der Waals surface area contributed by atoms with Gasteiger partial charge in [-0.2, -0.15) is 0 Å². The lowest BCUT2D eigenvalue weighted by Crippen LogP contribution is -2.14. The van der Waals surface area contributed by atoms with Gasteiger partial charge in [0.2, 0.25) is 0 Å². The van der Waals surface area contributed by atoms with Gasteiger partial charge in [-0.05, 0) is 36.1 Å². The van der Waals surface area contributed by atoms with Crippen LogP contribution >= 0.6 is 15.9 Å². The highest BCUT2D eigenvalue weighted by Crippen LogP contribution is 2.28. The summed E-state index contributed by atoms with van der Waals surface area (Å²) < 4.78 is 14.8. The number of anilines is 1. The van der Waals surface area contributed by atoms with Gasteiger partial charge in [-0.1, -0.05) is 60.1 Å². The quantitative estimate of drug-likeness (QED) is 0.729. The largest absolute Gasteiger partial charge is 0.376 e. The van der Waals surface area contributed by atoms with Crippen LogP contribution in [-0.4, -0.2) is 0 Å². The molecule has 0 saturated carbocycles. The number of hydrogen-bond acceptors (Lipinski definition) is 1. The zero-order valence-electron chi connectivity index (χ0n) is 11.7. The van der Waals surface area contributed by atoms with Crippen LogP contribution in [0.1, 0.15) is 31.9 Å². The molecule has 1 atom stereocenters. The molecule has 1 nitrogen and oxygen atoms in total. The van der Waals surface area contributed by atoms with Crippen LogP contribution in [0.25, 0.3) is 0 Å². The van der Waals surface area contributed by atoms with E-state index in [1.54, 1.807) is 12.1 Å². The van der Waals surface area contributed by atoms with Gasteiger partial charge in [0, 0.05) is 4.47 Å². The molecule has 0 bridgehead atoms. The van der Waals surface area contributed by atoms with Gasteiger partial charge in [0.15, 0.2) is 0 Å². The van der Waals surface area contributed by atoms with E-state index in [0.29, 0.717) is 11.6 Å². The van der Waals surface area contributed by atoms with E-state index in [1.807, 2.05) is 18.2 Å². The van der Waals surface area contributed by atoms with Crippen LogP contribution in [-0.2, 0) is 0 Å². The molecule has 2 aromatic rings. The number of benzene rings is 2. The fraction of sp³-hybridized carbons (Fsp3) is 0.294. The van der Waals surface area contributed by atoms with E-state index in [1.165, 1.54) is 11.6 Å². The Labute approximate surface area is 128 Å². The molecule has 0 spiro atoms. The summed E-state index contributed by atoms with van der Waals surface area (Å²) in [6, 6.07) is 15.3. The van der Waals surface area contributed by atoms with E-state index < -0.39 is 0 Å². The van der Waals surface area contributed by atoms with Crippen molar-refractivity contribution in [1.29, 1.82) is 0 Å². The highest BCUT2D eigenvalue weighted by molar-refractivity contribution is 9.10. The maximum atomic E-state index is 13.9. The lowest BCUT2D eigenvalue weighted by molar-refractivity contribution is 0.527. The predicted molar refractivity (Wildman–Crippen MR) is 86.4 cm³/mol. The van der Waals surface area contributed by atoms with Crippen molar-refractivity contribution in [3.8, 4) is 0 Å². The molecule has 0 amide bonds. The Kier molecular flexibility index (Phi) is 5.18. The van der Waals surface area contributed by atoms with Gasteiger partial charge >= 0.3 is 0 Å². The molecule has 0 aromatic heterocycles. The molecule has 0 heterocycles. The second-order valence-corrected chi connectivity index (χ2v) is 6.28. The first-order chi connectivity index (χ1) is 9.56. The van der Waals surface area contributed by atoms with Crippen molar-refractivity contribution in [3.05, 3.63) is 64.4 Å². The maximum Gasteiger partial charge on any atom is 0.146 e. The smallest absolute Gasteiger partial charge is 0.146 e. The summed E-state index contributed by atoms with van der Waals surface area (Å²) in [4.78, 5) is 0. The molecule has 3 heteroatoms. The molecular weight excluding hydrogens is 317 g/mol. The van der Waals surface area contributed by atoms with Gasteiger partial charge in [-0.25, -0.2) is 4.39 Å². The van der Waals surface area contributed by atoms with Crippen molar-refractivity contribution in [2.45, 2.75) is 26.3 Å². The molecule has 20 heavy (non-hydrogen) atoms. The zero-order chi connectivity index (χ0) is 14.5. The zero-order valence-corrected chi connectivity index (χ0v) is 13.3. The third-order valence-electron chi connectivity index (χ3n) is 3.17. The normalized spacial score (nSPS) is 12.4. The first-order valence-corrected chi connectivity index (χ1v) is 7.62. The summed E-state index contributed by atoms with van der Waals surface area (Å²) in [5.41, 5.74) is 1.72. The van der Waals surface area contributed by atoms with E-state index >= 15 is 0 Å². The van der Waals surface area contributed by atoms with Gasteiger partial charge in [-0.3, -0.25) is 0 Å². The SMILES string of the molecule is CC(C)CC(Nc1cc(Br)ccc1F)c1ccccc1. The van der Waals surface area contributed by atoms with Crippen LogP contribution in [0.15, 0.2) is 53.0 Å². The van der Waals surface area contributed by atoms with Crippen molar-refractivity contribution in [2.24, 2.45) is 5.92 Å². The predicted octanol–water partition coefficient (Wildman–Crippen LogP) is 5.79. The lowest BCUT2D eigenvalue weighted by atomic mass is 9.96. The standard InChI is InChI=1S/C17H19BrFN/c1-12(2)10-16(13-6-4-3-5-7-13)20-17-11-14(18)8-9-15(17)19/h3-9,11-12,16,20H,10H2,1-2H3. The Morgan fingerprint density at radius 1 is 1.10 bits per heavy atom. The summed E-state index contributed by atoms with van der Waals surface area (Å²) in [5, 5.41) is 3.33. The van der Waals surface area contributed by atoms with Crippen LogP contribution in [0.4, 0.5) is 10.1 Å². The van der Waals surface area contributed by atoms with Crippen LogP contribution in [0, 0.1) is 11.7 Å². The third-order valence-corrected chi connectivity index (χ3v) is 3.66. The van der Waals surface area contributed by atoms with E-state index in [2.05, 4.69) is 47.2 Å². The van der Waals surface area contributed by atoms with Crippen molar-refractivity contribution in [2.75, 3.05) is 5.32 Å². The number of halogens is 2. The van der Waals surface area contributed by atoms with Crippen molar-refractivity contribution in [1.82, 2.24) is 0 Å². The van der Waals surface area contributed by atoms with Crippen LogP contribution in [0.2, 0.25) is 0 Å². The average molecular weight is 336 g/mol. The van der Waals surface area contributed by atoms with Gasteiger partial charge in [-0.15, -0.1) is 0 Å². The molecule has 106 valence electrons. The van der Waals surface area contributed by atoms with Crippen molar-refractivity contribution in [3.63, 3.8) is 0 Å². The van der Waals surface area contributed by atoms with E-state index in [0.717, 1.165) is 10.9 Å². The Morgan fingerprint density at radius 2 is 1.80 bits per heavy atom. The second-order valence-electron chi connectivity index (χ2n) is 5.36. The Hall–Kier alpha value is -1.35. The molecule has 0 saturated heterocycles. The summed E-state index contributed by atoms with van der Waals surface area (Å²) >= 11 is 3.39. The third kappa shape index (κ3) is 4.07. The van der Waals surface area contributed by atoms with Gasteiger partial charge in [0.1, 0.15) is 5.82 Å². The minimum Gasteiger partial charge on any atom is -0.376 e. The van der Waals surface area contributed by atoms with Gasteiger partial charge in [0.25, 0.3) is 0 Å². The van der Waals surface area contributed by atoms with E-state index in [-0.39, 0.29) is 11.9 Å². The molecule has 2 aromatic carbocycles. The average Bonchev–Trinajstić information content (AvgIpc) is 2.42. The molecule has 0 aliphatic carbocycles. The highest BCUT2D eigenvalue weighted by atomic mass is 79.9. The van der Waals surface area contributed by atoms with Crippen molar-refractivity contribution >= 4 is 21.6 Å². The fourth-order valence-corrected chi connectivity index (χ4v) is 2.59.